The Morgan fingerprint density at radius 1 is 1.10 bits per heavy atom. The zero-order chi connectivity index (χ0) is 20.0. The van der Waals surface area contributed by atoms with Gasteiger partial charge in [0.2, 0.25) is 16.7 Å². The second-order valence-electron chi connectivity index (χ2n) is 7.42. The molecule has 0 amide bonds. The smallest absolute Gasteiger partial charge is 0.230 e. The van der Waals surface area contributed by atoms with E-state index < -0.39 is 0 Å². The summed E-state index contributed by atoms with van der Waals surface area (Å²) < 4.78 is 12.8. The van der Waals surface area contributed by atoms with E-state index in [9.17, 15) is 5.11 Å². The third-order valence-electron chi connectivity index (χ3n) is 5.12. The zero-order valence-corrected chi connectivity index (χ0v) is 17.0. The lowest BCUT2D eigenvalue weighted by molar-refractivity contribution is -0.0764. The molecule has 0 saturated carbocycles. The first-order valence-corrected chi connectivity index (χ1v) is 10.5. The van der Waals surface area contributed by atoms with Crippen LogP contribution in [0.3, 0.4) is 0 Å². The molecule has 0 radical (unpaired) electrons. The first-order chi connectivity index (χ1) is 14.1. The van der Waals surface area contributed by atoms with Crippen LogP contribution in [0, 0.1) is 0 Å². The van der Waals surface area contributed by atoms with Crippen LogP contribution in [0.4, 0.5) is 0 Å². The van der Waals surface area contributed by atoms with Crippen molar-refractivity contribution >= 4 is 16.3 Å². The molecular formula is C21H22N4O3S. The van der Waals surface area contributed by atoms with E-state index in [-0.39, 0.29) is 24.1 Å². The van der Waals surface area contributed by atoms with E-state index in [1.807, 2.05) is 18.2 Å². The Morgan fingerprint density at radius 3 is 2.52 bits per heavy atom. The number of benzene rings is 1. The van der Waals surface area contributed by atoms with Crippen LogP contribution in [0.25, 0.3) is 16.5 Å². The third-order valence-corrected chi connectivity index (χ3v) is 6.19. The van der Waals surface area contributed by atoms with Crippen molar-refractivity contribution in [1.29, 1.82) is 0 Å². The van der Waals surface area contributed by atoms with Crippen LogP contribution in [-0.4, -0.2) is 49.9 Å². The number of thiazole rings is 1. The van der Waals surface area contributed by atoms with Gasteiger partial charge in [-0.2, -0.15) is 9.50 Å². The van der Waals surface area contributed by atoms with Crippen LogP contribution < -0.4 is 0 Å². The van der Waals surface area contributed by atoms with Gasteiger partial charge >= 0.3 is 0 Å². The van der Waals surface area contributed by atoms with Crippen LogP contribution in [0.5, 0.6) is 5.88 Å². The van der Waals surface area contributed by atoms with Crippen molar-refractivity contribution in [2.45, 2.75) is 32.1 Å². The third kappa shape index (κ3) is 3.33. The Kier molecular flexibility index (Phi) is 4.61. The summed E-state index contributed by atoms with van der Waals surface area (Å²) in [4.78, 5) is 8.40. The molecule has 0 bridgehead atoms. The van der Waals surface area contributed by atoms with Gasteiger partial charge in [-0.05, 0) is 31.5 Å². The fourth-order valence-corrected chi connectivity index (χ4v) is 5.15. The number of hydrogen-bond acceptors (Lipinski definition) is 7. The maximum absolute atomic E-state index is 11.1. The molecule has 1 N–H and O–H groups in total. The number of rotatable bonds is 4. The van der Waals surface area contributed by atoms with E-state index in [0.29, 0.717) is 16.5 Å². The van der Waals surface area contributed by atoms with Crippen LogP contribution in [0.2, 0.25) is 0 Å². The maximum atomic E-state index is 11.1. The largest absolute Gasteiger partial charge is 0.492 e. The average molecular weight is 410 g/mol. The highest BCUT2D eigenvalue weighted by Crippen LogP contribution is 2.41. The highest BCUT2D eigenvalue weighted by molar-refractivity contribution is 7.17. The van der Waals surface area contributed by atoms with Gasteiger partial charge < -0.3 is 14.3 Å². The molecule has 3 atom stereocenters. The molecule has 1 fully saturated rings. The minimum absolute atomic E-state index is 0.0921. The lowest BCUT2D eigenvalue weighted by atomic mass is 10.0. The van der Waals surface area contributed by atoms with Crippen LogP contribution in [0.15, 0.2) is 53.1 Å². The lowest BCUT2D eigenvalue weighted by Crippen LogP contribution is -2.47. The predicted octanol–water partition coefficient (Wildman–Crippen LogP) is 3.96. The van der Waals surface area contributed by atoms with Crippen molar-refractivity contribution in [2.24, 2.45) is 0 Å². The van der Waals surface area contributed by atoms with Gasteiger partial charge in [0.25, 0.3) is 0 Å². The molecule has 3 aromatic heterocycles. The van der Waals surface area contributed by atoms with Gasteiger partial charge in [-0.15, -0.1) is 5.10 Å². The molecule has 4 heterocycles. The standard InChI is InChI=1S/C21H22N4O3S/c1-13-11-24(12-14(2)28-13)17(15-7-4-3-5-8-15)18-20(26)25-21(29-18)22-19(23-25)16-9-6-10-27-16/h3-10,13-14,17,26H,11-12H2,1-2H3/t13-,14+,17-/m0/s1. The van der Waals surface area contributed by atoms with Crippen molar-refractivity contribution in [3.05, 3.63) is 59.2 Å². The number of furan rings is 1. The summed E-state index contributed by atoms with van der Waals surface area (Å²) in [6.45, 7) is 5.75. The van der Waals surface area contributed by atoms with Gasteiger partial charge in [0, 0.05) is 13.1 Å². The van der Waals surface area contributed by atoms with E-state index in [4.69, 9.17) is 9.15 Å². The first kappa shape index (κ1) is 18.4. The molecule has 7 nitrogen and oxygen atoms in total. The average Bonchev–Trinajstić information content (AvgIpc) is 3.41. The quantitative estimate of drug-likeness (QED) is 0.549. The molecule has 4 aromatic rings. The molecule has 8 heteroatoms. The highest BCUT2D eigenvalue weighted by atomic mass is 32.1. The van der Waals surface area contributed by atoms with Gasteiger partial charge in [0.05, 0.1) is 29.4 Å². The molecule has 1 aliphatic heterocycles. The van der Waals surface area contributed by atoms with E-state index in [1.165, 1.54) is 15.9 Å². The summed E-state index contributed by atoms with van der Waals surface area (Å²) in [6, 6.07) is 13.8. The Bertz CT molecular complexity index is 1100. The molecule has 5 rings (SSSR count). The van der Waals surface area contributed by atoms with Crippen LogP contribution in [-0.2, 0) is 4.74 Å². The zero-order valence-electron chi connectivity index (χ0n) is 16.2. The molecule has 1 aromatic carbocycles. The van der Waals surface area contributed by atoms with E-state index in [1.54, 1.807) is 18.4 Å². The van der Waals surface area contributed by atoms with Crippen molar-refractivity contribution in [3.63, 3.8) is 0 Å². The Labute approximate surface area is 172 Å². The number of ether oxygens (including phenoxy) is 1. The number of aromatic nitrogens is 3. The number of aromatic hydroxyl groups is 1. The van der Waals surface area contributed by atoms with E-state index >= 15 is 0 Å². The molecule has 150 valence electrons. The summed E-state index contributed by atoms with van der Waals surface area (Å²) in [6.07, 6.45) is 1.83. The molecule has 1 saturated heterocycles. The Morgan fingerprint density at radius 2 is 1.86 bits per heavy atom. The van der Waals surface area contributed by atoms with Gasteiger partial charge in [0.15, 0.2) is 5.76 Å². The van der Waals surface area contributed by atoms with Gasteiger partial charge in [-0.1, -0.05) is 41.7 Å². The minimum Gasteiger partial charge on any atom is -0.492 e. The van der Waals surface area contributed by atoms with Crippen LogP contribution >= 0.6 is 11.3 Å². The van der Waals surface area contributed by atoms with Crippen molar-refractivity contribution in [2.75, 3.05) is 13.1 Å². The monoisotopic (exact) mass is 410 g/mol. The normalized spacial score (nSPS) is 21.6. The van der Waals surface area contributed by atoms with Crippen molar-refractivity contribution in [3.8, 4) is 17.5 Å². The predicted molar refractivity (Wildman–Crippen MR) is 110 cm³/mol. The second-order valence-corrected chi connectivity index (χ2v) is 8.43. The lowest BCUT2D eigenvalue weighted by Gasteiger charge is -2.40. The Balaban J connectivity index is 1.59. The summed E-state index contributed by atoms with van der Waals surface area (Å²) in [5.41, 5.74) is 1.12. The van der Waals surface area contributed by atoms with Crippen molar-refractivity contribution < 1.29 is 14.3 Å². The van der Waals surface area contributed by atoms with Crippen LogP contribution in [0.1, 0.15) is 30.3 Å². The molecule has 0 aliphatic carbocycles. The molecular weight excluding hydrogens is 388 g/mol. The van der Waals surface area contributed by atoms with E-state index in [0.717, 1.165) is 23.5 Å². The number of fused-ring (bicyclic) bond motifs is 1. The van der Waals surface area contributed by atoms with Gasteiger partial charge in [0.1, 0.15) is 0 Å². The summed E-state index contributed by atoms with van der Waals surface area (Å²) >= 11 is 1.46. The summed E-state index contributed by atoms with van der Waals surface area (Å²) in [7, 11) is 0. The second kappa shape index (κ2) is 7.29. The van der Waals surface area contributed by atoms with Crippen molar-refractivity contribution in [1.82, 2.24) is 19.5 Å². The number of nitrogens with zero attached hydrogens (tertiary/aromatic N) is 4. The molecule has 29 heavy (non-hydrogen) atoms. The number of morpholine rings is 1. The van der Waals surface area contributed by atoms with E-state index in [2.05, 4.69) is 41.0 Å². The van der Waals surface area contributed by atoms with Gasteiger partial charge in [-0.3, -0.25) is 4.90 Å². The summed E-state index contributed by atoms with van der Waals surface area (Å²) in [5, 5.41) is 15.5. The Hall–Kier alpha value is -2.68. The topological polar surface area (TPSA) is 76.0 Å². The number of hydrogen-bond donors (Lipinski definition) is 1. The fraction of sp³-hybridized carbons (Fsp3) is 0.333. The SMILES string of the molecule is C[C@@H]1CN([C@@H](c2ccccc2)c2sc3nc(-c4ccco4)nn3c2O)C[C@H](C)O1. The fourth-order valence-electron chi connectivity index (χ4n) is 4.03. The van der Waals surface area contributed by atoms with Gasteiger partial charge in [-0.25, -0.2) is 0 Å². The molecule has 0 spiro atoms. The molecule has 0 unspecified atom stereocenters. The molecule has 1 aliphatic rings. The minimum atomic E-state index is -0.0921. The first-order valence-electron chi connectivity index (χ1n) is 9.67. The maximum Gasteiger partial charge on any atom is 0.230 e. The highest BCUT2D eigenvalue weighted by Gasteiger charge is 2.34. The summed E-state index contributed by atoms with van der Waals surface area (Å²) in [5.74, 6) is 1.17.